The monoisotopic (exact) mass is 414 g/mol. The van der Waals surface area contributed by atoms with E-state index in [1.807, 2.05) is 26.0 Å². The van der Waals surface area contributed by atoms with Gasteiger partial charge in [-0.05, 0) is 53.2 Å². The molecular formula is C23H30N2O5. The first kappa shape index (κ1) is 21.9. The number of esters is 1. The largest absolute Gasteiger partial charge is 0.493 e. The number of nitrogens with zero attached hydrogens (tertiary/aromatic N) is 2. The van der Waals surface area contributed by atoms with Crippen molar-refractivity contribution in [3.8, 4) is 11.5 Å². The van der Waals surface area contributed by atoms with E-state index in [0.717, 1.165) is 18.4 Å². The van der Waals surface area contributed by atoms with Crippen molar-refractivity contribution >= 4 is 22.9 Å². The van der Waals surface area contributed by atoms with E-state index in [9.17, 15) is 9.59 Å². The van der Waals surface area contributed by atoms with Gasteiger partial charge in [-0.25, -0.2) is 4.98 Å². The molecule has 7 heteroatoms. The van der Waals surface area contributed by atoms with Crippen LogP contribution < -0.4 is 15.0 Å². The number of unbranched alkanes of at least 4 members (excludes halogenated alkanes) is 1. The van der Waals surface area contributed by atoms with Crippen LogP contribution in [0.25, 0.3) is 17.0 Å². The smallest absolute Gasteiger partial charge is 0.312 e. The Bertz CT molecular complexity index is 1040. The van der Waals surface area contributed by atoms with E-state index in [4.69, 9.17) is 14.2 Å². The highest BCUT2D eigenvalue weighted by Crippen LogP contribution is 2.41. The highest BCUT2D eigenvalue weighted by molar-refractivity contribution is 5.92. The Balaban J connectivity index is 2.07. The van der Waals surface area contributed by atoms with E-state index in [1.165, 1.54) is 10.9 Å². The molecule has 162 valence electrons. The molecule has 1 aromatic carbocycles. The third-order valence-electron chi connectivity index (χ3n) is 4.79. The van der Waals surface area contributed by atoms with Crippen molar-refractivity contribution in [3.05, 3.63) is 34.4 Å². The summed E-state index contributed by atoms with van der Waals surface area (Å²) in [5.74, 6) is 0.693. The fourth-order valence-electron chi connectivity index (χ4n) is 3.00. The van der Waals surface area contributed by atoms with Gasteiger partial charge in [0.1, 0.15) is 28.8 Å². The number of hydrogen-bond acceptors (Lipinski definition) is 6. The van der Waals surface area contributed by atoms with Gasteiger partial charge in [-0.15, -0.1) is 0 Å². The van der Waals surface area contributed by atoms with Gasteiger partial charge in [0, 0.05) is 6.07 Å². The molecule has 0 saturated heterocycles. The summed E-state index contributed by atoms with van der Waals surface area (Å²) in [4.78, 5) is 29.7. The minimum absolute atomic E-state index is 0.208. The first-order chi connectivity index (χ1) is 14.0. The lowest BCUT2D eigenvalue weighted by molar-refractivity contribution is -0.157. The maximum absolute atomic E-state index is 13.2. The number of ether oxygens (including phenoxy) is 3. The van der Waals surface area contributed by atoms with Crippen molar-refractivity contribution in [2.75, 3.05) is 6.61 Å². The summed E-state index contributed by atoms with van der Waals surface area (Å²) >= 11 is 0. The number of rotatable bonds is 6. The summed E-state index contributed by atoms with van der Waals surface area (Å²) in [5, 5.41) is 0.347. The van der Waals surface area contributed by atoms with E-state index in [0.29, 0.717) is 29.0 Å². The third kappa shape index (κ3) is 4.50. The molecule has 0 aliphatic carbocycles. The molecular weight excluding hydrogens is 384 g/mol. The van der Waals surface area contributed by atoms with Crippen LogP contribution in [0.3, 0.4) is 0 Å². The molecule has 0 spiro atoms. The quantitative estimate of drug-likeness (QED) is 0.518. The van der Waals surface area contributed by atoms with E-state index in [1.54, 1.807) is 26.8 Å². The number of carbonyl (C=O) groups is 1. The zero-order valence-corrected chi connectivity index (χ0v) is 18.6. The molecule has 30 heavy (non-hydrogen) atoms. The van der Waals surface area contributed by atoms with Gasteiger partial charge in [0.05, 0.1) is 23.1 Å². The van der Waals surface area contributed by atoms with E-state index < -0.39 is 17.0 Å². The highest BCUT2D eigenvalue weighted by atomic mass is 16.5. The predicted molar refractivity (Wildman–Crippen MR) is 116 cm³/mol. The molecule has 0 bridgehead atoms. The van der Waals surface area contributed by atoms with Crippen LogP contribution in [0.2, 0.25) is 0 Å². The van der Waals surface area contributed by atoms with Crippen LogP contribution in [0.1, 0.15) is 59.9 Å². The zero-order chi connectivity index (χ0) is 22.1. The van der Waals surface area contributed by atoms with Crippen molar-refractivity contribution in [2.24, 2.45) is 5.41 Å². The van der Waals surface area contributed by atoms with Gasteiger partial charge in [-0.3, -0.25) is 14.2 Å². The van der Waals surface area contributed by atoms with Crippen LogP contribution in [0.5, 0.6) is 11.5 Å². The number of carbonyl (C=O) groups excluding carboxylic acids is 1. The van der Waals surface area contributed by atoms with Crippen LogP contribution in [-0.4, -0.2) is 27.7 Å². The van der Waals surface area contributed by atoms with E-state index >= 15 is 0 Å². The lowest BCUT2D eigenvalue weighted by Gasteiger charge is -2.29. The molecule has 1 aliphatic rings. The number of hydrogen-bond donors (Lipinski definition) is 0. The number of benzene rings is 1. The molecule has 0 fully saturated rings. The van der Waals surface area contributed by atoms with Gasteiger partial charge in [0.2, 0.25) is 0 Å². The van der Waals surface area contributed by atoms with Crippen molar-refractivity contribution < 1.29 is 19.0 Å². The Labute approximate surface area is 176 Å². The topological polar surface area (TPSA) is 79.7 Å². The summed E-state index contributed by atoms with van der Waals surface area (Å²) in [5.41, 5.74) is -0.357. The van der Waals surface area contributed by atoms with Gasteiger partial charge in [-0.1, -0.05) is 13.3 Å². The van der Waals surface area contributed by atoms with Crippen LogP contribution >= 0.6 is 0 Å². The molecule has 1 aromatic heterocycles. The van der Waals surface area contributed by atoms with Gasteiger partial charge in [0.25, 0.3) is 5.56 Å². The second-order valence-corrected chi connectivity index (χ2v) is 9.08. The van der Waals surface area contributed by atoms with Crippen LogP contribution in [-0.2, 0) is 16.3 Å². The molecule has 0 radical (unpaired) electrons. The SMILES string of the molecule is CCCCOc1cc2ncn(COC(=O)C(C)(C)C)c(=O)c2c2c1C=CC(C)(C)O2. The van der Waals surface area contributed by atoms with Crippen LogP contribution in [0.4, 0.5) is 0 Å². The molecule has 0 amide bonds. The summed E-state index contributed by atoms with van der Waals surface area (Å²) in [7, 11) is 0. The summed E-state index contributed by atoms with van der Waals surface area (Å²) in [6.45, 7) is 11.6. The zero-order valence-electron chi connectivity index (χ0n) is 18.6. The lowest BCUT2D eigenvalue weighted by Crippen LogP contribution is -2.31. The predicted octanol–water partition coefficient (Wildman–Crippen LogP) is 4.31. The molecule has 0 saturated carbocycles. The Morgan fingerprint density at radius 3 is 2.70 bits per heavy atom. The van der Waals surface area contributed by atoms with Crippen molar-refractivity contribution in [3.63, 3.8) is 0 Å². The Morgan fingerprint density at radius 2 is 2.03 bits per heavy atom. The Hall–Kier alpha value is -2.83. The molecule has 1 aliphatic heterocycles. The standard InChI is InChI=1S/C23H30N2O5/c1-7-8-11-28-17-12-16-18(19-15(17)9-10-23(5,6)30-19)20(26)25(13-24-16)14-29-21(27)22(2,3)4/h9-10,12-13H,7-8,11,14H2,1-6H3. The molecule has 0 unspecified atom stereocenters. The molecule has 3 rings (SSSR count). The van der Waals surface area contributed by atoms with Gasteiger partial charge in [0.15, 0.2) is 6.73 Å². The lowest BCUT2D eigenvalue weighted by atomic mass is 9.98. The Kier molecular flexibility index (Phi) is 5.92. The average molecular weight is 415 g/mol. The summed E-state index contributed by atoms with van der Waals surface area (Å²) < 4.78 is 18.7. The highest BCUT2D eigenvalue weighted by Gasteiger charge is 2.28. The molecule has 7 nitrogen and oxygen atoms in total. The van der Waals surface area contributed by atoms with E-state index in [2.05, 4.69) is 11.9 Å². The fraction of sp³-hybridized carbons (Fsp3) is 0.522. The van der Waals surface area contributed by atoms with Gasteiger partial charge < -0.3 is 14.2 Å². The fourth-order valence-corrected chi connectivity index (χ4v) is 3.00. The second-order valence-electron chi connectivity index (χ2n) is 9.08. The first-order valence-electron chi connectivity index (χ1n) is 10.3. The number of fused-ring (bicyclic) bond motifs is 3. The first-order valence-corrected chi connectivity index (χ1v) is 10.3. The maximum atomic E-state index is 13.2. The molecule has 0 atom stereocenters. The van der Waals surface area contributed by atoms with Gasteiger partial charge in [-0.2, -0.15) is 0 Å². The van der Waals surface area contributed by atoms with Crippen LogP contribution in [0, 0.1) is 5.41 Å². The molecule has 0 N–H and O–H groups in total. The second kappa shape index (κ2) is 8.13. The van der Waals surface area contributed by atoms with Crippen molar-refractivity contribution in [1.82, 2.24) is 9.55 Å². The average Bonchev–Trinajstić information content (AvgIpc) is 2.65. The summed E-state index contributed by atoms with van der Waals surface area (Å²) in [6.07, 6.45) is 7.19. The Morgan fingerprint density at radius 1 is 1.30 bits per heavy atom. The van der Waals surface area contributed by atoms with Crippen molar-refractivity contribution in [1.29, 1.82) is 0 Å². The number of aromatic nitrogens is 2. The minimum Gasteiger partial charge on any atom is -0.493 e. The van der Waals surface area contributed by atoms with Crippen LogP contribution in [0.15, 0.2) is 23.3 Å². The molecule has 2 aromatic rings. The van der Waals surface area contributed by atoms with Gasteiger partial charge >= 0.3 is 5.97 Å². The summed E-state index contributed by atoms with van der Waals surface area (Å²) in [6, 6.07) is 1.77. The minimum atomic E-state index is -0.657. The molecule has 2 heterocycles. The van der Waals surface area contributed by atoms with Crippen molar-refractivity contribution in [2.45, 2.75) is 66.7 Å². The van der Waals surface area contributed by atoms with E-state index in [-0.39, 0.29) is 12.3 Å². The normalized spacial score (nSPS) is 14.9. The third-order valence-corrected chi connectivity index (χ3v) is 4.79. The maximum Gasteiger partial charge on any atom is 0.312 e.